The average molecular weight is 232 g/mol. The van der Waals surface area contributed by atoms with E-state index >= 15 is 0 Å². The van der Waals surface area contributed by atoms with Crippen LogP contribution in [-0.2, 0) is 13.9 Å². The summed E-state index contributed by atoms with van der Waals surface area (Å²) in [6.45, 7) is 10.7. The van der Waals surface area contributed by atoms with Crippen LogP contribution >= 0.6 is 0 Å². The van der Waals surface area contributed by atoms with Crippen molar-refractivity contribution in [1.29, 1.82) is 0 Å². The zero-order valence-electron chi connectivity index (χ0n) is 9.83. The number of nitrogens with zero attached hydrogens (tertiary/aromatic N) is 1. The van der Waals surface area contributed by atoms with E-state index in [1.54, 1.807) is 0 Å². The first-order chi connectivity index (χ1) is 7.35. The number of likely N-dealkylation sites (N-methyl/N-ethyl adjacent to an activating group) is 1. The predicted molar refractivity (Wildman–Crippen MR) is 61.1 cm³/mol. The van der Waals surface area contributed by atoms with Gasteiger partial charge in [-0.1, -0.05) is 0 Å². The van der Waals surface area contributed by atoms with Crippen molar-refractivity contribution in [2.24, 2.45) is 0 Å². The second-order valence-corrected chi connectivity index (χ2v) is 3.39. The van der Waals surface area contributed by atoms with Crippen LogP contribution in [0.4, 0.5) is 0 Å². The van der Waals surface area contributed by atoms with Gasteiger partial charge < -0.3 is 0 Å². The topological polar surface area (TPSA) is 30.9 Å². The summed E-state index contributed by atoms with van der Waals surface area (Å²) in [6, 6.07) is 0. The fourth-order valence-electron chi connectivity index (χ4n) is 1.16. The second-order valence-electron chi connectivity index (χ2n) is 3.10. The Balaban J connectivity index is 3.04. The Morgan fingerprint density at radius 2 is 1.40 bits per heavy atom. The van der Waals surface area contributed by atoms with Gasteiger partial charge in [0.05, 0.1) is 0 Å². The molecule has 0 bridgehead atoms. The number of rotatable bonds is 11. The summed E-state index contributed by atoms with van der Waals surface area (Å²) in [6.07, 6.45) is 0. The minimum atomic E-state index is 0.566. The normalized spacial score (nSPS) is 11.3. The van der Waals surface area contributed by atoms with Gasteiger partial charge >= 0.3 is 95.8 Å². The van der Waals surface area contributed by atoms with Crippen LogP contribution in [0.1, 0.15) is 13.8 Å². The van der Waals surface area contributed by atoms with E-state index in [9.17, 15) is 0 Å². The minimum absolute atomic E-state index is 0.566. The van der Waals surface area contributed by atoms with Crippen molar-refractivity contribution in [3.8, 4) is 0 Å². The molecule has 0 aliphatic carbocycles. The van der Waals surface area contributed by atoms with Crippen LogP contribution in [0.3, 0.4) is 0 Å². The molecule has 0 rings (SSSR count). The molecule has 0 aromatic carbocycles. The van der Waals surface area contributed by atoms with E-state index in [1.165, 1.54) is 0 Å². The first kappa shape index (κ1) is 15.1. The summed E-state index contributed by atoms with van der Waals surface area (Å²) in [5.41, 5.74) is 0. The van der Waals surface area contributed by atoms with Crippen molar-refractivity contribution in [3.05, 3.63) is 0 Å². The molecular weight excluding hydrogens is 210 g/mol. The van der Waals surface area contributed by atoms with Gasteiger partial charge in [0, 0.05) is 0 Å². The van der Waals surface area contributed by atoms with Crippen molar-refractivity contribution in [2.45, 2.75) is 13.8 Å². The molecule has 4 nitrogen and oxygen atoms in total. The molecule has 0 radical (unpaired) electrons. The summed E-state index contributed by atoms with van der Waals surface area (Å²) in [4.78, 5) is 2.33. The third-order valence-electron chi connectivity index (χ3n) is 2.15. The zero-order valence-corrected chi connectivity index (χ0v) is 10.8. The van der Waals surface area contributed by atoms with Crippen molar-refractivity contribution in [3.63, 3.8) is 0 Å². The average Bonchev–Trinajstić information content (AvgIpc) is 2.27. The van der Waals surface area contributed by atoms with Gasteiger partial charge in [-0.15, -0.1) is 0 Å². The van der Waals surface area contributed by atoms with E-state index in [4.69, 9.17) is 9.47 Å². The van der Waals surface area contributed by atoms with Gasteiger partial charge in [0.25, 0.3) is 0 Å². The Bertz CT molecular complexity index is 123. The predicted octanol–water partition coefficient (Wildman–Crippen LogP) is 0.461. The molecule has 15 heavy (non-hydrogen) atoms. The first-order valence-corrected chi connectivity index (χ1v) is 5.92. The molecule has 0 aromatic rings. The Morgan fingerprint density at radius 3 is 1.93 bits per heavy atom. The van der Waals surface area contributed by atoms with Gasteiger partial charge in [-0.2, -0.15) is 0 Å². The summed E-state index contributed by atoms with van der Waals surface area (Å²) in [5.74, 6) is 0. The van der Waals surface area contributed by atoms with Crippen molar-refractivity contribution in [2.75, 3.05) is 52.7 Å². The molecule has 0 aliphatic heterocycles. The Hall–Kier alpha value is 0.0569. The Morgan fingerprint density at radius 1 is 0.867 bits per heavy atom. The molecular formula is C10H22NO3Si+3. The fraction of sp³-hybridized carbons (Fsp3) is 1.00. The SMILES string of the molecule is CCN(CC)CCOCCOCCO[Si+3]. The maximum atomic E-state index is 5.43. The third kappa shape index (κ3) is 10.3. The van der Waals surface area contributed by atoms with Crippen LogP contribution < -0.4 is 0 Å². The standard InChI is InChI=1S/C10H22NO3Si/c1-3-11(4-2)5-6-12-7-8-13-9-10-14-15/h3-10H2,1-2H3/q+3. The maximum absolute atomic E-state index is 5.43. The molecule has 0 fully saturated rings. The van der Waals surface area contributed by atoms with Gasteiger partial charge in [0.15, 0.2) is 0 Å². The summed E-state index contributed by atoms with van der Waals surface area (Å²) >= 11 is 0. The van der Waals surface area contributed by atoms with E-state index in [2.05, 4.69) is 33.7 Å². The van der Waals surface area contributed by atoms with Gasteiger partial charge in [-0.3, -0.25) is 0 Å². The van der Waals surface area contributed by atoms with Crippen molar-refractivity contribution in [1.82, 2.24) is 4.90 Å². The van der Waals surface area contributed by atoms with E-state index in [0.717, 1.165) is 26.2 Å². The van der Waals surface area contributed by atoms with Crippen molar-refractivity contribution >= 4 is 10.5 Å². The molecule has 0 amide bonds. The second kappa shape index (κ2) is 12.1. The van der Waals surface area contributed by atoms with E-state index in [-0.39, 0.29) is 0 Å². The number of ether oxygens (including phenoxy) is 2. The molecule has 0 saturated heterocycles. The molecule has 5 heteroatoms. The van der Waals surface area contributed by atoms with Gasteiger partial charge in [-0.05, 0) is 0 Å². The summed E-state index contributed by atoms with van der Waals surface area (Å²) in [7, 11) is 2.90. The molecule has 0 aliphatic rings. The fourth-order valence-corrected chi connectivity index (χ4v) is 1.24. The van der Waals surface area contributed by atoms with Gasteiger partial charge in [0.1, 0.15) is 0 Å². The van der Waals surface area contributed by atoms with Crippen LogP contribution in [0.15, 0.2) is 0 Å². The Labute approximate surface area is 96.4 Å². The molecule has 0 saturated carbocycles. The van der Waals surface area contributed by atoms with Crippen LogP contribution in [0.25, 0.3) is 0 Å². The molecule has 0 aromatic heterocycles. The summed E-state index contributed by atoms with van der Waals surface area (Å²) < 4.78 is 15.3. The van der Waals surface area contributed by atoms with Crippen LogP contribution in [0, 0.1) is 0 Å². The first-order valence-electron chi connectivity index (χ1n) is 5.51. The molecule has 0 atom stereocenters. The summed E-state index contributed by atoms with van der Waals surface area (Å²) in [5, 5.41) is 0. The monoisotopic (exact) mass is 232 g/mol. The van der Waals surface area contributed by atoms with Gasteiger partial charge in [0.2, 0.25) is 0 Å². The molecule has 0 heterocycles. The van der Waals surface area contributed by atoms with E-state index in [0.29, 0.717) is 26.4 Å². The molecule has 0 unspecified atom stereocenters. The van der Waals surface area contributed by atoms with Gasteiger partial charge in [-0.25, -0.2) is 0 Å². The van der Waals surface area contributed by atoms with E-state index < -0.39 is 0 Å². The number of hydrogen-bond donors (Lipinski definition) is 0. The number of hydrogen-bond acceptors (Lipinski definition) is 4. The molecule has 0 N–H and O–H groups in total. The van der Waals surface area contributed by atoms with Crippen molar-refractivity contribution < 1.29 is 13.9 Å². The molecule has 86 valence electrons. The van der Waals surface area contributed by atoms with Crippen LogP contribution in [-0.4, -0.2) is 68.1 Å². The van der Waals surface area contributed by atoms with Crippen LogP contribution in [0.5, 0.6) is 0 Å². The van der Waals surface area contributed by atoms with E-state index in [1.807, 2.05) is 0 Å². The Kier molecular flexibility index (Phi) is 12.2. The van der Waals surface area contributed by atoms with Crippen LogP contribution in [0.2, 0.25) is 0 Å². The molecule has 0 spiro atoms. The third-order valence-corrected chi connectivity index (χ3v) is 2.35. The quantitative estimate of drug-likeness (QED) is 0.382. The zero-order chi connectivity index (χ0) is 11.4.